The zero-order chi connectivity index (χ0) is 32.1. The number of halogens is 6. The molecule has 0 aromatic heterocycles. The van der Waals surface area contributed by atoms with Gasteiger partial charge in [-0.3, -0.25) is 9.59 Å². The molecule has 33 heavy (non-hydrogen) atoms. The van der Waals surface area contributed by atoms with Crippen LogP contribution in [0.2, 0.25) is 4.24 Å². The van der Waals surface area contributed by atoms with Crippen molar-refractivity contribution in [2.45, 2.75) is 24.8 Å². The Hall–Kier alpha value is -3.52. The summed E-state index contributed by atoms with van der Waals surface area (Å²) in [6.07, 6.45) is -10.1. The molecular formula is C19H19F6N3O5. The Morgan fingerprint density at radius 1 is 0.939 bits per heavy atom. The molecule has 182 valence electrons. The van der Waals surface area contributed by atoms with Gasteiger partial charge in [0.1, 0.15) is 25.0 Å². The summed E-state index contributed by atoms with van der Waals surface area (Å²) in [4.78, 5) is 22.8. The predicted octanol–water partition coefficient (Wildman–Crippen LogP) is 2.83. The molecule has 14 heteroatoms. The number of primary amides is 1. The highest BCUT2D eigenvalue weighted by molar-refractivity contribution is 5.81. The minimum absolute atomic E-state index is 0.339. The van der Waals surface area contributed by atoms with Gasteiger partial charge in [-0.1, -0.05) is 24.2 Å². The smallest absolute Gasteiger partial charge is 0.468 e. The second kappa shape index (κ2) is 11.4. The number of methoxy groups -OCH3 is 1. The first-order valence-electron chi connectivity index (χ1n) is 12.1. The average molecular weight is 491 g/mol. The van der Waals surface area contributed by atoms with Crippen molar-refractivity contribution in [1.82, 2.24) is 0 Å². The first-order chi connectivity index (χ1) is 18.6. The van der Waals surface area contributed by atoms with Crippen molar-refractivity contribution >= 4 is 11.9 Å². The molecule has 2 rings (SSSR count). The van der Waals surface area contributed by atoms with Crippen LogP contribution in [0.15, 0.2) is 48.4 Å². The minimum atomic E-state index is -5.31. The Bertz CT molecular complexity index is 1220. The summed E-state index contributed by atoms with van der Waals surface area (Å²) in [6.45, 7) is 0. The normalized spacial score (nSPS) is 17.3. The van der Waals surface area contributed by atoms with Gasteiger partial charge in [0.15, 0.2) is 2.82 Å². The number of ether oxygens (including phenoxy) is 3. The van der Waals surface area contributed by atoms with E-state index in [2.05, 4.69) is 14.2 Å². The van der Waals surface area contributed by atoms with Gasteiger partial charge >= 0.3 is 18.7 Å². The number of carbonyl (C=O) groups excluding carboxylic acids is 2. The lowest BCUT2D eigenvalue weighted by molar-refractivity contribution is -0.275. The van der Waals surface area contributed by atoms with Gasteiger partial charge in [-0.05, 0) is 35.3 Å². The fourth-order valence-corrected chi connectivity index (χ4v) is 1.84. The maximum absolute atomic E-state index is 12.3. The third kappa shape index (κ3) is 10.1. The topological polar surface area (TPSA) is 140 Å². The van der Waals surface area contributed by atoms with Gasteiger partial charge in [0, 0.05) is 0 Å². The second-order valence-electron chi connectivity index (χ2n) is 5.55. The largest absolute Gasteiger partial charge is 0.573 e. The molecule has 2 aromatic carbocycles. The van der Waals surface area contributed by atoms with Crippen molar-refractivity contribution in [3.8, 4) is 11.5 Å². The van der Waals surface area contributed by atoms with Crippen molar-refractivity contribution in [2.75, 3.05) is 7.11 Å². The van der Waals surface area contributed by atoms with Crippen LogP contribution in [0.5, 0.6) is 11.5 Å². The Labute approximate surface area is 194 Å². The van der Waals surface area contributed by atoms with Crippen LogP contribution in [0.25, 0.3) is 0 Å². The van der Waals surface area contributed by atoms with Crippen molar-refractivity contribution in [3.63, 3.8) is 0 Å². The first-order valence-corrected chi connectivity index (χ1v) is 8.18. The molecule has 6 N–H and O–H groups in total. The van der Waals surface area contributed by atoms with Crippen LogP contribution in [0.3, 0.4) is 0 Å². The SMILES string of the molecule is COC(=O)C(N)c1ccc(OC(F)(F)F)cc1.[2H]NC([2H])(C(=O)N([2H])[2H])c1c([2H])c([2H])c(OC(F)(F)F)c([2H])c1[2H]. The molecule has 0 aliphatic rings. The van der Waals surface area contributed by atoms with E-state index in [-0.39, 0.29) is 5.75 Å². The van der Waals surface area contributed by atoms with E-state index in [0.717, 1.165) is 12.1 Å². The number of rotatable bonds is 7. The van der Waals surface area contributed by atoms with Crippen LogP contribution in [0.1, 0.15) is 30.0 Å². The van der Waals surface area contributed by atoms with Crippen molar-refractivity contribution < 1.29 is 61.2 Å². The lowest BCUT2D eigenvalue weighted by atomic mass is 10.1. The highest BCUT2D eigenvalue weighted by atomic mass is 19.4. The monoisotopic (exact) mass is 491 g/mol. The number of hydrogen-bond donors (Lipinski definition) is 3. The number of amides is 1. The minimum Gasteiger partial charge on any atom is -0.468 e. The molecule has 2 unspecified atom stereocenters. The zero-order valence-electron chi connectivity index (χ0n) is 24.2. The van der Waals surface area contributed by atoms with Crippen molar-refractivity contribution in [3.05, 3.63) is 59.6 Å². The van der Waals surface area contributed by atoms with Crippen molar-refractivity contribution in [2.24, 2.45) is 17.2 Å². The van der Waals surface area contributed by atoms with Crippen LogP contribution in [-0.2, 0) is 14.3 Å². The van der Waals surface area contributed by atoms with Gasteiger partial charge in [-0.15, -0.1) is 26.3 Å². The van der Waals surface area contributed by atoms with Crippen LogP contribution in [0, 0.1) is 0 Å². The lowest BCUT2D eigenvalue weighted by Gasteiger charge is -2.11. The van der Waals surface area contributed by atoms with Gasteiger partial charge in [-0.2, -0.15) is 0 Å². The fourth-order valence-electron chi connectivity index (χ4n) is 1.84. The Morgan fingerprint density at radius 2 is 1.45 bits per heavy atom. The summed E-state index contributed by atoms with van der Waals surface area (Å²) in [6, 6.07) is -4.68. The third-order valence-electron chi connectivity index (χ3n) is 3.21. The quantitative estimate of drug-likeness (QED) is 0.400. The van der Waals surface area contributed by atoms with Crippen LogP contribution in [-0.4, -0.2) is 31.7 Å². The summed E-state index contributed by atoms with van der Waals surface area (Å²) in [5.74, 6) is -4.30. The summed E-state index contributed by atoms with van der Waals surface area (Å²) in [5.41, 5.74) is 5.36. The van der Waals surface area contributed by atoms with E-state index in [9.17, 15) is 35.9 Å². The number of alkyl halides is 6. The molecule has 2 aromatic rings. The lowest BCUT2D eigenvalue weighted by Crippen LogP contribution is -2.28. The highest BCUT2D eigenvalue weighted by Gasteiger charge is 2.31. The molecule has 0 radical (unpaired) electrons. The summed E-state index contributed by atoms with van der Waals surface area (Å²) in [7, 11) is 1.17. The van der Waals surface area contributed by atoms with Gasteiger partial charge in [-0.25, -0.2) is 0 Å². The number of carbonyl (C=O) groups is 2. The molecule has 0 heterocycles. The van der Waals surface area contributed by atoms with E-state index in [4.69, 9.17) is 16.8 Å². The number of esters is 1. The van der Waals surface area contributed by atoms with Crippen LogP contribution < -0.4 is 26.7 Å². The maximum atomic E-state index is 12.3. The number of benzene rings is 2. The number of hydrogen-bond acceptors (Lipinski definition) is 7. The molecule has 0 aliphatic heterocycles. The van der Waals surface area contributed by atoms with Gasteiger partial charge < -0.3 is 31.4 Å². The van der Waals surface area contributed by atoms with E-state index >= 15 is 0 Å². The fraction of sp³-hybridized carbons (Fsp3) is 0.263. The molecular weight excluding hydrogens is 464 g/mol. The third-order valence-corrected chi connectivity index (χ3v) is 3.21. The Kier molecular flexibility index (Phi) is 5.87. The van der Waals surface area contributed by atoms with Crippen LogP contribution in [0.4, 0.5) is 26.3 Å². The van der Waals surface area contributed by atoms with Gasteiger partial charge in [0.05, 0.1) is 14.0 Å². The number of nitrogens with two attached hydrogens (primary N) is 3. The molecule has 0 fully saturated rings. The first kappa shape index (κ1) is 17.0. The Morgan fingerprint density at radius 3 is 1.88 bits per heavy atom. The van der Waals surface area contributed by atoms with Gasteiger partial charge in [0.25, 0.3) is 0 Å². The molecule has 0 saturated carbocycles. The van der Waals surface area contributed by atoms with Crippen LogP contribution >= 0.6 is 0 Å². The maximum Gasteiger partial charge on any atom is 0.573 e. The summed E-state index contributed by atoms with van der Waals surface area (Å²) >= 11 is 0. The summed E-state index contributed by atoms with van der Waals surface area (Å²) < 4.78 is 142. The molecule has 8 nitrogen and oxygen atoms in total. The standard InChI is InChI=1S/C10H10F3NO3.C9H9F3N2O2/c1-16-9(15)8(14)6-2-4-7(5-3-6)17-10(11,12)13;10-9(11,12)16-6-3-1-5(2-4-6)7(13)8(14)15/h2-5,8H,14H2,1H3;1-4,7H,13H2,(H2,14,15)/i;1D,2D,3D,4D,7D/hD3. The second-order valence-corrected chi connectivity index (χ2v) is 5.55. The Balaban J connectivity index is 0.000000435. The van der Waals surface area contributed by atoms with E-state index in [1.165, 1.54) is 25.0 Å². The average Bonchev–Trinajstić information content (AvgIpc) is 2.87. The molecule has 0 spiro atoms. The molecule has 0 aliphatic carbocycles. The van der Waals surface area contributed by atoms with E-state index in [1.807, 2.05) is 0 Å². The molecule has 2 atom stereocenters. The predicted molar refractivity (Wildman–Crippen MR) is 101 cm³/mol. The highest BCUT2D eigenvalue weighted by Crippen LogP contribution is 2.25. The van der Waals surface area contributed by atoms with Gasteiger partial charge in [0.2, 0.25) is 5.91 Å². The van der Waals surface area contributed by atoms with E-state index in [0.29, 0.717) is 5.56 Å². The van der Waals surface area contributed by atoms with E-state index < -0.39 is 77.9 Å². The molecule has 0 saturated heterocycles. The summed E-state index contributed by atoms with van der Waals surface area (Å²) in [5, 5.41) is 0. The zero-order valence-corrected chi connectivity index (χ0v) is 16.2. The molecule has 1 amide bonds. The van der Waals surface area contributed by atoms with E-state index in [1.54, 1.807) is 0 Å². The van der Waals surface area contributed by atoms with Crippen molar-refractivity contribution in [1.29, 1.82) is 0 Å². The molecule has 0 bridgehead atoms.